The summed E-state index contributed by atoms with van der Waals surface area (Å²) in [7, 11) is 0. The van der Waals surface area contributed by atoms with E-state index < -0.39 is 0 Å². The molecule has 0 heterocycles. The third-order valence-corrected chi connectivity index (χ3v) is 2.96. The van der Waals surface area contributed by atoms with Crippen LogP contribution < -0.4 is 0 Å². The minimum Gasteiger partial charge on any atom is -0.377 e. The highest BCUT2D eigenvalue weighted by atomic mass is 32.1. The van der Waals surface area contributed by atoms with Crippen molar-refractivity contribution in [3.05, 3.63) is 42.0 Å². The zero-order valence-electron chi connectivity index (χ0n) is 10.5. The predicted octanol–water partition coefficient (Wildman–Crippen LogP) is 4.06. The van der Waals surface area contributed by atoms with E-state index in [-0.39, 0.29) is 0 Å². The first kappa shape index (κ1) is 14.3. The Hall–Kier alpha value is -0.730. The van der Waals surface area contributed by atoms with Crippen molar-refractivity contribution < 1.29 is 4.74 Å². The zero-order valence-corrected chi connectivity index (χ0v) is 11.4. The topological polar surface area (TPSA) is 9.23 Å². The van der Waals surface area contributed by atoms with Gasteiger partial charge in [0.25, 0.3) is 0 Å². The number of ether oxygens (including phenoxy) is 1. The maximum Gasteiger partial charge on any atom is 0.0650 e. The third-order valence-electron chi connectivity index (χ3n) is 2.70. The lowest BCUT2D eigenvalue weighted by atomic mass is 10.1. The van der Waals surface area contributed by atoms with Gasteiger partial charge in [-0.2, -0.15) is 12.6 Å². The fourth-order valence-corrected chi connectivity index (χ4v) is 1.99. The third kappa shape index (κ3) is 7.24. The van der Waals surface area contributed by atoms with Crippen LogP contribution in [0.5, 0.6) is 0 Å². The number of benzene rings is 1. The van der Waals surface area contributed by atoms with Crippen molar-refractivity contribution in [2.75, 3.05) is 19.0 Å². The summed E-state index contributed by atoms with van der Waals surface area (Å²) in [6.07, 6.45) is 6.46. The van der Waals surface area contributed by atoms with E-state index in [1.807, 2.05) is 18.2 Å². The normalized spacial score (nSPS) is 13.1. The number of rotatable bonds is 8. The highest BCUT2D eigenvalue weighted by Crippen LogP contribution is 2.08. The van der Waals surface area contributed by atoms with Gasteiger partial charge in [0.15, 0.2) is 0 Å². The van der Waals surface area contributed by atoms with Crippen molar-refractivity contribution in [1.29, 1.82) is 0 Å². The van der Waals surface area contributed by atoms with Crippen LogP contribution in [0, 0.1) is 5.92 Å². The van der Waals surface area contributed by atoms with E-state index >= 15 is 0 Å². The van der Waals surface area contributed by atoms with Crippen LogP contribution in [0.1, 0.15) is 25.3 Å². The summed E-state index contributed by atoms with van der Waals surface area (Å²) in [5.41, 5.74) is 1.22. The Morgan fingerprint density at radius 3 is 2.71 bits per heavy atom. The molecule has 94 valence electrons. The van der Waals surface area contributed by atoms with Crippen molar-refractivity contribution >= 4 is 18.7 Å². The monoisotopic (exact) mass is 250 g/mol. The lowest BCUT2D eigenvalue weighted by molar-refractivity contribution is 0.147. The maximum absolute atomic E-state index is 5.56. The molecule has 0 aliphatic heterocycles. The molecule has 0 amide bonds. The van der Waals surface area contributed by atoms with Crippen LogP contribution in [0.15, 0.2) is 36.4 Å². The Kier molecular flexibility index (Phi) is 7.85. The van der Waals surface area contributed by atoms with Gasteiger partial charge in [-0.1, -0.05) is 49.4 Å². The minimum atomic E-state index is 0.697. The van der Waals surface area contributed by atoms with Crippen LogP contribution in [0.4, 0.5) is 0 Å². The van der Waals surface area contributed by atoms with Gasteiger partial charge in [0.2, 0.25) is 0 Å². The summed E-state index contributed by atoms with van der Waals surface area (Å²) in [5.74, 6) is 1.68. The summed E-state index contributed by atoms with van der Waals surface area (Å²) in [5, 5.41) is 0. The van der Waals surface area contributed by atoms with Crippen LogP contribution >= 0.6 is 12.6 Å². The number of hydrogen-bond acceptors (Lipinski definition) is 2. The smallest absolute Gasteiger partial charge is 0.0650 e. The molecular weight excluding hydrogens is 228 g/mol. The Balaban J connectivity index is 2.06. The molecule has 0 radical (unpaired) electrons. The second-order valence-corrected chi connectivity index (χ2v) is 4.74. The van der Waals surface area contributed by atoms with Crippen molar-refractivity contribution in [2.45, 2.75) is 19.8 Å². The van der Waals surface area contributed by atoms with E-state index in [4.69, 9.17) is 4.74 Å². The van der Waals surface area contributed by atoms with Crippen LogP contribution in [-0.2, 0) is 4.74 Å². The fraction of sp³-hybridized carbons (Fsp3) is 0.467. The average Bonchev–Trinajstić information content (AvgIpc) is 2.35. The van der Waals surface area contributed by atoms with E-state index in [9.17, 15) is 0 Å². The molecule has 0 N–H and O–H groups in total. The van der Waals surface area contributed by atoms with E-state index in [1.54, 1.807) is 0 Å². The Morgan fingerprint density at radius 1 is 1.24 bits per heavy atom. The lowest BCUT2D eigenvalue weighted by Crippen LogP contribution is -2.02. The molecule has 0 aliphatic rings. The SMILES string of the molecule is CC(CCS)CCOCC=Cc1ccccc1. The highest BCUT2D eigenvalue weighted by Gasteiger charge is 1.99. The van der Waals surface area contributed by atoms with E-state index in [0.717, 1.165) is 18.8 Å². The van der Waals surface area contributed by atoms with Gasteiger partial charge in [-0.15, -0.1) is 0 Å². The van der Waals surface area contributed by atoms with Crippen molar-refractivity contribution in [3.63, 3.8) is 0 Å². The standard InChI is InChI=1S/C15H22OS/c1-14(10-13-17)9-12-16-11-5-8-15-6-3-2-4-7-15/h2-8,14,17H,9-13H2,1H3. The van der Waals surface area contributed by atoms with Crippen LogP contribution in [0.2, 0.25) is 0 Å². The van der Waals surface area contributed by atoms with Gasteiger partial charge < -0.3 is 4.74 Å². The molecule has 2 heteroatoms. The Morgan fingerprint density at radius 2 is 2.00 bits per heavy atom. The van der Waals surface area contributed by atoms with E-state index in [1.165, 1.54) is 12.0 Å². The molecule has 1 atom stereocenters. The minimum absolute atomic E-state index is 0.697. The number of thiol groups is 1. The second-order valence-electron chi connectivity index (χ2n) is 4.29. The molecular formula is C15H22OS. The Bertz CT molecular complexity index is 308. The molecule has 17 heavy (non-hydrogen) atoms. The number of hydrogen-bond donors (Lipinski definition) is 1. The molecule has 0 bridgehead atoms. The van der Waals surface area contributed by atoms with Crippen molar-refractivity contribution in [3.8, 4) is 0 Å². The van der Waals surface area contributed by atoms with E-state index in [2.05, 4.69) is 43.8 Å². The van der Waals surface area contributed by atoms with Gasteiger partial charge in [0.1, 0.15) is 0 Å². The molecule has 1 rings (SSSR count). The first-order valence-corrected chi connectivity index (χ1v) is 6.86. The van der Waals surface area contributed by atoms with Gasteiger partial charge in [-0.25, -0.2) is 0 Å². The molecule has 1 unspecified atom stereocenters. The molecule has 0 saturated carbocycles. The summed E-state index contributed by atoms with van der Waals surface area (Å²) >= 11 is 4.23. The van der Waals surface area contributed by atoms with Crippen molar-refractivity contribution in [2.24, 2.45) is 5.92 Å². The Labute approximate surface area is 110 Å². The molecule has 0 aromatic heterocycles. The van der Waals surface area contributed by atoms with Gasteiger partial charge in [-0.05, 0) is 30.1 Å². The largest absolute Gasteiger partial charge is 0.377 e. The van der Waals surface area contributed by atoms with Crippen LogP contribution in [-0.4, -0.2) is 19.0 Å². The second kappa shape index (κ2) is 9.32. The molecule has 1 aromatic rings. The molecule has 0 spiro atoms. The first-order chi connectivity index (χ1) is 8.33. The predicted molar refractivity (Wildman–Crippen MR) is 78.5 cm³/mol. The summed E-state index contributed by atoms with van der Waals surface area (Å²) in [6.45, 7) is 3.79. The van der Waals surface area contributed by atoms with Gasteiger partial charge in [0.05, 0.1) is 6.61 Å². The van der Waals surface area contributed by atoms with Crippen LogP contribution in [0.25, 0.3) is 6.08 Å². The van der Waals surface area contributed by atoms with Crippen LogP contribution in [0.3, 0.4) is 0 Å². The molecule has 0 saturated heterocycles. The van der Waals surface area contributed by atoms with Gasteiger partial charge >= 0.3 is 0 Å². The fourth-order valence-electron chi connectivity index (χ4n) is 1.55. The molecule has 0 aliphatic carbocycles. The summed E-state index contributed by atoms with van der Waals surface area (Å²) in [4.78, 5) is 0. The maximum atomic E-state index is 5.56. The first-order valence-electron chi connectivity index (χ1n) is 6.23. The highest BCUT2D eigenvalue weighted by molar-refractivity contribution is 7.80. The molecule has 1 aromatic carbocycles. The van der Waals surface area contributed by atoms with Gasteiger partial charge in [-0.3, -0.25) is 0 Å². The lowest BCUT2D eigenvalue weighted by Gasteiger charge is -2.08. The van der Waals surface area contributed by atoms with E-state index in [0.29, 0.717) is 12.5 Å². The van der Waals surface area contributed by atoms with Crippen molar-refractivity contribution in [1.82, 2.24) is 0 Å². The molecule has 1 nitrogen and oxygen atoms in total. The quantitative estimate of drug-likeness (QED) is 0.540. The van der Waals surface area contributed by atoms with Gasteiger partial charge in [0, 0.05) is 6.61 Å². The zero-order chi connectivity index (χ0) is 12.3. The summed E-state index contributed by atoms with van der Waals surface area (Å²) in [6, 6.07) is 10.3. The average molecular weight is 250 g/mol. The molecule has 0 fully saturated rings. The summed E-state index contributed by atoms with van der Waals surface area (Å²) < 4.78 is 5.56.